The SMILES string of the molecule is CC/C=C\C/C=C\C/C=C\C/C=C\C/C=C\CCCC(=O)OC[C@H](COP(=O)(O)O)OC(=O)CCCCCCCCC/C=C\C/C=C\CCCCC. The van der Waals surface area contributed by atoms with Crippen LogP contribution in [-0.2, 0) is 28.2 Å². The van der Waals surface area contributed by atoms with Gasteiger partial charge < -0.3 is 19.3 Å². The number of rotatable bonds is 35. The maximum atomic E-state index is 12.4. The molecule has 9 heteroatoms. The molecule has 296 valence electrons. The third-order valence-electron chi connectivity index (χ3n) is 7.90. The number of hydrogen-bond donors (Lipinski definition) is 2. The van der Waals surface area contributed by atoms with Crippen LogP contribution in [-0.4, -0.2) is 41.0 Å². The minimum atomic E-state index is -4.77. The summed E-state index contributed by atoms with van der Waals surface area (Å²) in [4.78, 5) is 42.8. The van der Waals surface area contributed by atoms with Crippen molar-refractivity contribution in [3.8, 4) is 0 Å². The predicted molar refractivity (Wildman–Crippen MR) is 216 cm³/mol. The molecular weight excluding hydrogens is 675 g/mol. The van der Waals surface area contributed by atoms with Crippen LogP contribution in [0.4, 0.5) is 0 Å². The minimum Gasteiger partial charge on any atom is -0.462 e. The number of carbonyl (C=O) groups excluding carboxylic acids is 2. The van der Waals surface area contributed by atoms with Crippen LogP contribution in [0.15, 0.2) is 85.1 Å². The van der Waals surface area contributed by atoms with Crippen molar-refractivity contribution < 1.29 is 37.9 Å². The number of hydrogen-bond acceptors (Lipinski definition) is 6. The van der Waals surface area contributed by atoms with Crippen molar-refractivity contribution in [2.24, 2.45) is 0 Å². The van der Waals surface area contributed by atoms with E-state index in [2.05, 4.69) is 97.4 Å². The fraction of sp³-hybridized carbons (Fsp3) is 0.628. The van der Waals surface area contributed by atoms with Gasteiger partial charge in [0.2, 0.25) is 0 Å². The van der Waals surface area contributed by atoms with Crippen LogP contribution in [0.25, 0.3) is 0 Å². The highest BCUT2D eigenvalue weighted by atomic mass is 31.2. The maximum absolute atomic E-state index is 12.4. The van der Waals surface area contributed by atoms with Crippen molar-refractivity contribution in [2.75, 3.05) is 13.2 Å². The van der Waals surface area contributed by atoms with E-state index in [0.717, 1.165) is 70.6 Å². The van der Waals surface area contributed by atoms with Gasteiger partial charge in [-0.2, -0.15) is 0 Å². The summed E-state index contributed by atoms with van der Waals surface area (Å²) in [5.74, 6) is -0.970. The van der Waals surface area contributed by atoms with Gasteiger partial charge in [0.25, 0.3) is 0 Å². The summed E-state index contributed by atoms with van der Waals surface area (Å²) >= 11 is 0. The molecular formula is C43H71O8P. The molecule has 0 aromatic rings. The van der Waals surface area contributed by atoms with Crippen molar-refractivity contribution in [1.29, 1.82) is 0 Å². The summed E-state index contributed by atoms with van der Waals surface area (Å²) < 4.78 is 26.3. The molecule has 0 saturated heterocycles. The van der Waals surface area contributed by atoms with Crippen LogP contribution in [0.1, 0.15) is 155 Å². The zero-order valence-electron chi connectivity index (χ0n) is 32.4. The summed E-state index contributed by atoms with van der Waals surface area (Å²) in [5, 5.41) is 0. The molecule has 0 amide bonds. The fourth-order valence-electron chi connectivity index (χ4n) is 4.97. The van der Waals surface area contributed by atoms with Crippen molar-refractivity contribution in [3.05, 3.63) is 85.1 Å². The van der Waals surface area contributed by atoms with E-state index in [0.29, 0.717) is 12.8 Å². The Hall–Kier alpha value is -2.77. The molecule has 0 radical (unpaired) electrons. The number of carbonyl (C=O) groups is 2. The first kappa shape index (κ1) is 49.2. The standard InChI is InChI=1S/C43H71O8P/c1-3-5-7-9-11-13-15-17-19-21-23-25-27-29-31-33-35-37-42(44)49-39-41(40-50-52(46,47)48)51-43(45)38-36-34-32-30-28-26-24-22-20-18-16-14-12-10-8-6-4-2/h5,7,11-14,17-20,23,25,29,31,41H,3-4,6,8-10,15-16,21-22,24,26-28,30,32-40H2,1-2H3,(H2,46,47,48)/b7-5-,13-11-,14-12-,19-17-,20-18-,25-23-,31-29-/t41-/m1/s1. The van der Waals surface area contributed by atoms with E-state index >= 15 is 0 Å². The second-order valence-electron chi connectivity index (χ2n) is 12.9. The van der Waals surface area contributed by atoms with Crippen LogP contribution in [0, 0.1) is 0 Å². The average Bonchev–Trinajstić information content (AvgIpc) is 3.11. The Balaban J connectivity index is 4.08. The van der Waals surface area contributed by atoms with Crippen LogP contribution >= 0.6 is 7.82 Å². The third-order valence-corrected chi connectivity index (χ3v) is 8.38. The molecule has 0 aromatic carbocycles. The van der Waals surface area contributed by atoms with Crippen LogP contribution < -0.4 is 0 Å². The molecule has 0 rings (SSSR count). The van der Waals surface area contributed by atoms with Crippen LogP contribution in [0.2, 0.25) is 0 Å². The lowest BCUT2D eigenvalue weighted by Gasteiger charge is -2.18. The smallest absolute Gasteiger partial charge is 0.462 e. The topological polar surface area (TPSA) is 119 Å². The van der Waals surface area contributed by atoms with Gasteiger partial charge in [-0.25, -0.2) is 4.57 Å². The Morgan fingerprint density at radius 2 is 0.942 bits per heavy atom. The van der Waals surface area contributed by atoms with Gasteiger partial charge in [-0.05, 0) is 83.5 Å². The van der Waals surface area contributed by atoms with Crippen LogP contribution in [0.3, 0.4) is 0 Å². The summed E-state index contributed by atoms with van der Waals surface area (Å²) in [7, 11) is -4.77. The van der Waals surface area contributed by atoms with E-state index in [-0.39, 0.29) is 19.4 Å². The summed E-state index contributed by atoms with van der Waals surface area (Å²) in [6.45, 7) is 3.47. The lowest BCUT2D eigenvalue weighted by atomic mass is 10.1. The zero-order valence-corrected chi connectivity index (χ0v) is 33.3. The molecule has 0 spiro atoms. The van der Waals surface area contributed by atoms with Crippen molar-refractivity contribution in [1.82, 2.24) is 0 Å². The van der Waals surface area contributed by atoms with Gasteiger partial charge in [0.15, 0.2) is 6.10 Å². The molecule has 2 N–H and O–H groups in total. The Bertz CT molecular complexity index is 1110. The number of unbranched alkanes of at least 4 members (excludes halogenated alkanes) is 11. The van der Waals surface area contributed by atoms with Gasteiger partial charge in [0.1, 0.15) is 6.61 Å². The Morgan fingerprint density at radius 3 is 1.44 bits per heavy atom. The lowest BCUT2D eigenvalue weighted by Crippen LogP contribution is -2.29. The van der Waals surface area contributed by atoms with E-state index in [9.17, 15) is 14.2 Å². The molecule has 0 aliphatic rings. The minimum absolute atomic E-state index is 0.182. The fourth-order valence-corrected chi connectivity index (χ4v) is 5.33. The quantitative estimate of drug-likeness (QED) is 0.0285. The van der Waals surface area contributed by atoms with E-state index in [1.807, 2.05) is 6.08 Å². The Labute approximate surface area is 316 Å². The molecule has 0 heterocycles. The molecule has 8 nitrogen and oxygen atoms in total. The Morgan fingerprint density at radius 1 is 0.519 bits per heavy atom. The number of phosphoric ester groups is 1. The molecule has 0 aliphatic carbocycles. The molecule has 52 heavy (non-hydrogen) atoms. The van der Waals surface area contributed by atoms with Crippen molar-refractivity contribution in [2.45, 2.75) is 161 Å². The monoisotopic (exact) mass is 746 g/mol. The molecule has 0 aromatic heterocycles. The largest absolute Gasteiger partial charge is 0.469 e. The normalized spacial score (nSPS) is 13.4. The van der Waals surface area contributed by atoms with Gasteiger partial charge in [0.05, 0.1) is 6.61 Å². The first-order chi connectivity index (χ1) is 25.3. The van der Waals surface area contributed by atoms with Crippen molar-refractivity contribution in [3.63, 3.8) is 0 Å². The van der Waals surface area contributed by atoms with Crippen LogP contribution in [0.5, 0.6) is 0 Å². The highest BCUT2D eigenvalue weighted by Crippen LogP contribution is 2.36. The molecule has 1 atom stereocenters. The van der Waals surface area contributed by atoms with Gasteiger partial charge in [-0.3, -0.25) is 14.1 Å². The van der Waals surface area contributed by atoms with Crippen molar-refractivity contribution >= 4 is 19.8 Å². The van der Waals surface area contributed by atoms with E-state index in [4.69, 9.17) is 19.3 Å². The molecule has 0 bridgehead atoms. The molecule has 0 unspecified atom stereocenters. The lowest BCUT2D eigenvalue weighted by molar-refractivity contribution is -0.161. The summed E-state index contributed by atoms with van der Waals surface area (Å²) in [5.41, 5.74) is 0. The molecule has 0 saturated carbocycles. The highest BCUT2D eigenvalue weighted by molar-refractivity contribution is 7.46. The summed E-state index contributed by atoms with van der Waals surface area (Å²) in [6.07, 6.45) is 50.2. The number of ether oxygens (including phenoxy) is 2. The maximum Gasteiger partial charge on any atom is 0.469 e. The zero-order chi connectivity index (χ0) is 38.2. The molecule has 0 aliphatic heterocycles. The van der Waals surface area contributed by atoms with Gasteiger partial charge in [-0.1, -0.05) is 144 Å². The average molecular weight is 747 g/mol. The predicted octanol–water partition coefficient (Wildman–Crippen LogP) is 12.1. The molecule has 0 fully saturated rings. The van der Waals surface area contributed by atoms with E-state index in [1.54, 1.807) is 0 Å². The van der Waals surface area contributed by atoms with Gasteiger partial charge in [0, 0.05) is 12.8 Å². The first-order valence-corrected chi connectivity index (χ1v) is 21.4. The number of esters is 2. The Kier molecular flexibility index (Phi) is 35.9. The first-order valence-electron chi connectivity index (χ1n) is 19.9. The summed E-state index contributed by atoms with van der Waals surface area (Å²) in [6, 6.07) is 0. The van der Waals surface area contributed by atoms with E-state index < -0.39 is 32.5 Å². The second kappa shape index (κ2) is 38.0. The number of phosphoric acid groups is 1. The van der Waals surface area contributed by atoms with Gasteiger partial charge >= 0.3 is 19.8 Å². The highest BCUT2D eigenvalue weighted by Gasteiger charge is 2.22. The number of allylic oxidation sites excluding steroid dienone is 14. The second-order valence-corrected chi connectivity index (χ2v) is 14.1. The van der Waals surface area contributed by atoms with E-state index in [1.165, 1.54) is 44.9 Å². The third kappa shape index (κ3) is 40.0. The van der Waals surface area contributed by atoms with Gasteiger partial charge in [-0.15, -0.1) is 0 Å².